The van der Waals surface area contributed by atoms with Gasteiger partial charge in [-0.25, -0.2) is 4.83 Å². The van der Waals surface area contributed by atoms with Crippen molar-refractivity contribution in [2.75, 3.05) is 0 Å². The molecule has 0 saturated carbocycles. The fourth-order valence-corrected chi connectivity index (χ4v) is 4.18. The number of nitro groups is 1. The minimum absolute atomic E-state index is 0.0226. The largest absolute Gasteiger partial charge is 0.379 e. The Bertz CT molecular complexity index is 1350. The van der Waals surface area contributed by atoms with Crippen molar-refractivity contribution in [2.24, 2.45) is 5.10 Å². The summed E-state index contributed by atoms with van der Waals surface area (Å²) in [5, 5.41) is 14.3. The highest BCUT2D eigenvalue weighted by Gasteiger charge is 2.17. The summed E-state index contributed by atoms with van der Waals surface area (Å²) in [4.78, 5) is 11.8. The van der Waals surface area contributed by atoms with Gasteiger partial charge in [-0.2, -0.15) is 21.9 Å². The van der Waals surface area contributed by atoms with Gasteiger partial charge < -0.3 is 4.18 Å². The number of hydrogen-bond donors (Lipinski definition) is 1. The Hall–Kier alpha value is -3.77. The predicted octanol–water partition coefficient (Wildman–Crippen LogP) is 2.98. The van der Waals surface area contributed by atoms with Crippen molar-refractivity contribution in [3.8, 4) is 5.75 Å². The van der Waals surface area contributed by atoms with Gasteiger partial charge in [0.2, 0.25) is 0 Å². The lowest BCUT2D eigenvalue weighted by Gasteiger charge is -2.07. The summed E-state index contributed by atoms with van der Waals surface area (Å²) in [6, 6.07) is 16.3. The monoisotopic (exact) mass is 475 g/mol. The Morgan fingerprint density at radius 3 is 2.00 bits per heavy atom. The minimum atomic E-state index is -4.01. The molecule has 10 nitrogen and oxygen atoms in total. The smallest absolute Gasteiger partial charge is 0.339 e. The Labute approximate surface area is 184 Å². The molecule has 0 aliphatic rings. The van der Waals surface area contributed by atoms with Crippen LogP contribution in [0.4, 0.5) is 5.69 Å². The van der Waals surface area contributed by atoms with Crippen molar-refractivity contribution in [2.45, 2.75) is 16.7 Å². The highest BCUT2D eigenvalue weighted by Crippen LogP contribution is 2.19. The molecule has 0 aliphatic carbocycles. The minimum Gasteiger partial charge on any atom is -0.379 e. The Morgan fingerprint density at radius 2 is 1.44 bits per heavy atom. The highest BCUT2D eigenvalue weighted by molar-refractivity contribution is 7.89. The lowest BCUT2D eigenvalue weighted by molar-refractivity contribution is -0.384. The number of aryl methyl sites for hydroxylation is 1. The van der Waals surface area contributed by atoms with E-state index in [0.29, 0.717) is 5.56 Å². The second-order valence-corrected chi connectivity index (χ2v) is 9.73. The van der Waals surface area contributed by atoms with E-state index in [-0.39, 0.29) is 21.2 Å². The second kappa shape index (κ2) is 9.16. The maximum Gasteiger partial charge on any atom is 0.339 e. The molecule has 3 rings (SSSR count). The molecule has 32 heavy (non-hydrogen) atoms. The SMILES string of the molecule is Cc1ccc(S(=O)(=O)Oc2ccc(C=NNS(=O)(=O)c3ccc([N+](=O)[O-])cc3)cc2)cc1. The molecule has 0 saturated heterocycles. The van der Waals surface area contributed by atoms with Gasteiger partial charge in [-0.1, -0.05) is 17.7 Å². The zero-order chi connectivity index (χ0) is 23.4. The third kappa shape index (κ3) is 5.68. The lowest BCUT2D eigenvalue weighted by atomic mass is 10.2. The molecule has 0 fully saturated rings. The zero-order valence-corrected chi connectivity index (χ0v) is 18.2. The van der Waals surface area contributed by atoms with Crippen molar-refractivity contribution in [3.05, 3.63) is 94.0 Å². The first kappa shape index (κ1) is 22.9. The first-order valence-corrected chi connectivity index (χ1v) is 11.9. The number of non-ortho nitro benzene ring substituents is 1. The van der Waals surface area contributed by atoms with Crippen LogP contribution in [-0.4, -0.2) is 28.0 Å². The van der Waals surface area contributed by atoms with Gasteiger partial charge >= 0.3 is 10.1 Å². The first-order chi connectivity index (χ1) is 15.1. The number of benzene rings is 3. The number of nitrogens with zero attached hydrogens (tertiary/aromatic N) is 2. The van der Waals surface area contributed by atoms with E-state index >= 15 is 0 Å². The van der Waals surface area contributed by atoms with E-state index in [4.69, 9.17) is 4.18 Å². The molecule has 12 heteroatoms. The molecule has 0 amide bonds. The molecule has 0 aromatic heterocycles. The van der Waals surface area contributed by atoms with Crippen molar-refractivity contribution in [1.82, 2.24) is 4.83 Å². The van der Waals surface area contributed by atoms with Crippen molar-refractivity contribution in [3.63, 3.8) is 0 Å². The van der Waals surface area contributed by atoms with E-state index < -0.39 is 25.1 Å². The van der Waals surface area contributed by atoms with E-state index in [1.165, 1.54) is 42.6 Å². The van der Waals surface area contributed by atoms with E-state index in [1.54, 1.807) is 12.1 Å². The van der Waals surface area contributed by atoms with Gasteiger partial charge in [0.05, 0.1) is 16.0 Å². The Kier molecular flexibility index (Phi) is 6.55. The maximum atomic E-state index is 12.3. The number of nitrogens with one attached hydrogen (secondary N) is 1. The van der Waals surface area contributed by atoms with Gasteiger partial charge in [0.1, 0.15) is 10.6 Å². The predicted molar refractivity (Wildman–Crippen MR) is 116 cm³/mol. The molecular formula is C20H17N3O7S2. The molecule has 3 aromatic rings. The quantitative estimate of drug-likeness (QED) is 0.228. The molecule has 0 aliphatic heterocycles. The lowest BCUT2D eigenvalue weighted by Crippen LogP contribution is -2.18. The number of hydrazone groups is 1. The first-order valence-electron chi connectivity index (χ1n) is 8.97. The average Bonchev–Trinajstić information content (AvgIpc) is 2.75. The van der Waals surface area contributed by atoms with Crippen LogP contribution in [0.1, 0.15) is 11.1 Å². The van der Waals surface area contributed by atoms with Crippen LogP contribution in [0.15, 0.2) is 87.7 Å². The van der Waals surface area contributed by atoms with Crippen LogP contribution in [0.5, 0.6) is 5.75 Å². The molecule has 0 radical (unpaired) electrons. The molecule has 0 unspecified atom stereocenters. The fraction of sp³-hybridized carbons (Fsp3) is 0.0500. The second-order valence-electron chi connectivity index (χ2n) is 6.52. The van der Waals surface area contributed by atoms with Gasteiger partial charge in [-0.05, 0) is 61.0 Å². The molecule has 0 atom stereocenters. The molecule has 3 aromatic carbocycles. The topological polar surface area (TPSA) is 145 Å². The van der Waals surface area contributed by atoms with E-state index in [2.05, 4.69) is 5.10 Å². The Balaban J connectivity index is 1.65. The molecule has 1 N–H and O–H groups in total. The normalized spacial score (nSPS) is 11.9. The van der Waals surface area contributed by atoms with Crippen molar-refractivity contribution < 1.29 is 25.9 Å². The van der Waals surface area contributed by atoms with Crippen LogP contribution < -0.4 is 9.01 Å². The summed E-state index contributed by atoms with van der Waals surface area (Å²) in [5.41, 5.74) is 1.15. The third-order valence-electron chi connectivity index (χ3n) is 4.14. The molecule has 0 bridgehead atoms. The van der Waals surface area contributed by atoms with Gasteiger partial charge in [0.15, 0.2) is 0 Å². The van der Waals surface area contributed by atoms with Crippen molar-refractivity contribution in [1.29, 1.82) is 0 Å². The molecule has 0 heterocycles. The average molecular weight is 476 g/mol. The van der Waals surface area contributed by atoms with Gasteiger partial charge in [0.25, 0.3) is 15.7 Å². The molecule has 0 spiro atoms. The summed E-state index contributed by atoms with van der Waals surface area (Å²) < 4.78 is 54.1. The highest BCUT2D eigenvalue weighted by atomic mass is 32.2. The number of nitro benzene ring substituents is 1. The zero-order valence-electron chi connectivity index (χ0n) is 16.6. The van der Waals surface area contributed by atoms with Gasteiger partial charge in [-0.3, -0.25) is 10.1 Å². The molecule has 166 valence electrons. The van der Waals surface area contributed by atoms with Crippen LogP contribution in [0.2, 0.25) is 0 Å². The van der Waals surface area contributed by atoms with Crippen LogP contribution >= 0.6 is 0 Å². The van der Waals surface area contributed by atoms with Crippen LogP contribution in [-0.2, 0) is 20.1 Å². The number of rotatable bonds is 8. The number of sulfonamides is 1. The van der Waals surface area contributed by atoms with Crippen molar-refractivity contribution >= 4 is 32.0 Å². The van der Waals surface area contributed by atoms with E-state index in [1.807, 2.05) is 11.8 Å². The maximum absolute atomic E-state index is 12.3. The molecular weight excluding hydrogens is 458 g/mol. The van der Waals surface area contributed by atoms with Gasteiger partial charge in [0, 0.05) is 12.1 Å². The fourth-order valence-electron chi connectivity index (χ4n) is 2.46. The summed E-state index contributed by atoms with van der Waals surface area (Å²) in [7, 11) is -8.00. The van der Waals surface area contributed by atoms with Crippen LogP contribution in [0, 0.1) is 17.0 Å². The van der Waals surface area contributed by atoms with Crippen LogP contribution in [0.25, 0.3) is 0 Å². The summed E-state index contributed by atoms with van der Waals surface area (Å²) in [5.74, 6) is 0.0779. The van der Waals surface area contributed by atoms with Crippen LogP contribution in [0.3, 0.4) is 0 Å². The summed E-state index contributed by atoms with van der Waals surface area (Å²) >= 11 is 0. The van der Waals surface area contributed by atoms with E-state index in [9.17, 15) is 26.9 Å². The summed E-state index contributed by atoms with van der Waals surface area (Å²) in [6.07, 6.45) is 1.21. The van der Waals surface area contributed by atoms with E-state index in [0.717, 1.165) is 29.8 Å². The third-order valence-corrected chi connectivity index (χ3v) is 6.64. The summed E-state index contributed by atoms with van der Waals surface area (Å²) in [6.45, 7) is 1.84. The number of hydrogen-bond acceptors (Lipinski definition) is 8. The standard InChI is InChI=1S/C20H17N3O7S2/c1-15-2-10-20(11-3-15)32(28,29)30-18-8-4-16(5-9-18)14-21-22-31(26,27)19-12-6-17(7-13-19)23(24)25/h2-14,22H,1H3. The van der Waals surface area contributed by atoms with Gasteiger partial charge in [-0.15, -0.1) is 0 Å². The Morgan fingerprint density at radius 1 is 0.875 bits per heavy atom.